The minimum absolute atomic E-state index is 0.0146. The van der Waals surface area contributed by atoms with E-state index in [9.17, 15) is 0 Å². The number of ether oxygens (including phenoxy) is 4. The van der Waals surface area contributed by atoms with Crippen LogP contribution in [0.25, 0.3) is 0 Å². The molecule has 1 heterocycles. The van der Waals surface area contributed by atoms with Crippen LogP contribution in [0, 0.1) is 11.3 Å². The molecule has 240 valence electrons. The summed E-state index contributed by atoms with van der Waals surface area (Å²) in [4.78, 5) is 0. The van der Waals surface area contributed by atoms with Crippen LogP contribution in [0.2, 0.25) is 0 Å². The van der Waals surface area contributed by atoms with Gasteiger partial charge in [-0.25, -0.2) is 4.67 Å². The summed E-state index contributed by atoms with van der Waals surface area (Å²) < 4.78 is 39.9. The van der Waals surface area contributed by atoms with Crippen LogP contribution in [0.4, 0.5) is 0 Å². The van der Waals surface area contributed by atoms with Gasteiger partial charge in [0.05, 0.1) is 46.0 Å². The van der Waals surface area contributed by atoms with E-state index in [0.717, 1.165) is 28.2 Å². The van der Waals surface area contributed by atoms with E-state index in [0.29, 0.717) is 19.4 Å². The molecule has 1 fully saturated rings. The van der Waals surface area contributed by atoms with Gasteiger partial charge in [-0.05, 0) is 75.1 Å². The predicted molar refractivity (Wildman–Crippen MR) is 180 cm³/mol. The van der Waals surface area contributed by atoms with Crippen molar-refractivity contribution < 1.29 is 28.0 Å². The lowest BCUT2D eigenvalue weighted by atomic mass is 9.80. The zero-order valence-corrected chi connectivity index (χ0v) is 28.4. The Labute approximate surface area is 270 Å². The number of nitrogens with zero attached hydrogens (tertiary/aromatic N) is 2. The molecule has 0 radical (unpaired) electrons. The maximum Gasteiger partial charge on any atom is 0.259 e. The van der Waals surface area contributed by atoms with Gasteiger partial charge < -0.3 is 28.0 Å². The van der Waals surface area contributed by atoms with Gasteiger partial charge in [-0.3, -0.25) is 0 Å². The zero-order valence-electron chi connectivity index (χ0n) is 27.5. The first-order valence-electron chi connectivity index (χ1n) is 15.6. The molecule has 8 nitrogen and oxygen atoms in total. The summed E-state index contributed by atoms with van der Waals surface area (Å²) in [6, 6.07) is 28.8. The Hall–Kier alpha value is -2.96. The van der Waals surface area contributed by atoms with Gasteiger partial charge >= 0.3 is 0 Å². The quantitative estimate of drug-likeness (QED) is 0.0775. The van der Waals surface area contributed by atoms with Gasteiger partial charge in [0, 0.05) is 18.1 Å². The van der Waals surface area contributed by atoms with E-state index in [1.54, 1.807) is 14.2 Å². The Morgan fingerprint density at radius 1 is 0.889 bits per heavy atom. The summed E-state index contributed by atoms with van der Waals surface area (Å²) in [5.41, 5.74) is 1.93. The number of nitriles is 1. The van der Waals surface area contributed by atoms with E-state index in [1.165, 1.54) is 0 Å². The largest absolute Gasteiger partial charge is 0.497 e. The highest BCUT2D eigenvalue weighted by Gasteiger charge is 2.43. The molecule has 1 aliphatic rings. The van der Waals surface area contributed by atoms with Crippen LogP contribution in [0.1, 0.15) is 57.2 Å². The maximum atomic E-state index is 9.16. The third kappa shape index (κ3) is 8.45. The molecule has 0 bridgehead atoms. The average Bonchev–Trinajstić information content (AvgIpc) is 3.40. The highest BCUT2D eigenvalue weighted by Crippen LogP contribution is 2.49. The van der Waals surface area contributed by atoms with Gasteiger partial charge in [0.15, 0.2) is 0 Å². The Kier molecular flexibility index (Phi) is 12.8. The van der Waals surface area contributed by atoms with Gasteiger partial charge in [0.1, 0.15) is 31.1 Å². The van der Waals surface area contributed by atoms with Crippen LogP contribution in [-0.2, 0) is 24.1 Å². The molecule has 0 N–H and O–H groups in total. The lowest BCUT2D eigenvalue weighted by molar-refractivity contribution is -0.0714. The minimum Gasteiger partial charge on any atom is -0.497 e. The Bertz CT molecular complexity index is 1300. The second-order valence-electron chi connectivity index (χ2n) is 11.7. The van der Waals surface area contributed by atoms with Gasteiger partial charge in [-0.2, -0.15) is 5.26 Å². The summed E-state index contributed by atoms with van der Waals surface area (Å²) in [6.07, 6.45) is 0.417. The molecule has 1 unspecified atom stereocenters. The molecule has 4 atom stereocenters. The first-order valence-corrected chi connectivity index (χ1v) is 16.8. The fourth-order valence-electron chi connectivity index (χ4n) is 5.87. The molecule has 3 aromatic rings. The Morgan fingerprint density at radius 3 is 1.91 bits per heavy atom. The minimum atomic E-state index is -1.43. The maximum absolute atomic E-state index is 9.16. The summed E-state index contributed by atoms with van der Waals surface area (Å²) in [5, 5.41) is 9.16. The van der Waals surface area contributed by atoms with Gasteiger partial charge in [-0.1, -0.05) is 54.6 Å². The monoisotopic (exact) mass is 632 g/mol. The van der Waals surface area contributed by atoms with Crippen molar-refractivity contribution >= 4 is 16.4 Å². The number of hydrogen-bond acceptors (Lipinski definition) is 8. The first kappa shape index (κ1) is 34.9. The van der Waals surface area contributed by atoms with Crippen molar-refractivity contribution in [1.82, 2.24) is 4.67 Å². The SMILES string of the molecule is B[C@H]1C[C@H](OP(OCCC#N)N(C(C)C)C(C)C)[C@@H](COC(c2ccccc2)(c2ccc(OC)cc2)c2ccc(OC)cc2)O1. The third-order valence-corrected chi connectivity index (χ3v) is 10.1. The second-order valence-corrected chi connectivity index (χ2v) is 13.1. The molecule has 0 saturated carbocycles. The van der Waals surface area contributed by atoms with Gasteiger partial charge in [0.2, 0.25) is 0 Å². The summed E-state index contributed by atoms with van der Waals surface area (Å²) >= 11 is 0. The van der Waals surface area contributed by atoms with Gasteiger partial charge in [-0.15, -0.1) is 0 Å². The summed E-state index contributed by atoms with van der Waals surface area (Å²) in [5.74, 6) is 1.53. The van der Waals surface area contributed by atoms with Crippen molar-refractivity contribution in [3.05, 3.63) is 95.6 Å². The van der Waals surface area contributed by atoms with E-state index in [-0.39, 0.29) is 36.9 Å². The third-order valence-electron chi connectivity index (χ3n) is 7.91. The first-order chi connectivity index (χ1) is 21.7. The zero-order chi connectivity index (χ0) is 32.4. The molecule has 4 rings (SSSR count). The summed E-state index contributed by atoms with van der Waals surface area (Å²) in [7, 11) is 3.96. The molecule has 10 heteroatoms. The van der Waals surface area contributed by atoms with Crippen molar-refractivity contribution in [2.24, 2.45) is 0 Å². The number of methoxy groups -OCH3 is 2. The molecular weight excluding hydrogens is 586 g/mol. The molecule has 1 aliphatic heterocycles. The predicted octanol–water partition coefficient (Wildman–Crippen LogP) is 6.42. The molecule has 3 aromatic carbocycles. The van der Waals surface area contributed by atoms with Crippen LogP contribution < -0.4 is 9.47 Å². The highest BCUT2D eigenvalue weighted by atomic mass is 31.2. The summed E-state index contributed by atoms with van der Waals surface area (Å²) in [6.45, 7) is 9.13. The van der Waals surface area contributed by atoms with Crippen molar-refractivity contribution in [3.8, 4) is 17.6 Å². The van der Waals surface area contributed by atoms with E-state index in [2.05, 4.69) is 58.4 Å². The van der Waals surface area contributed by atoms with E-state index >= 15 is 0 Å². The van der Waals surface area contributed by atoms with E-state index in [4.69, 9.17) is 33.3 Å². The fourth-order valence-corrected chi connectivity index (χ4v) is 7.63. The second kappa shape index (κ2) is 16.6. The van der Waals surface area contributed by atoms with Crippen LogP contribution in [0.3, 0.4) is 0 Å². The lowest BCUT2D eigenvalue weighted by Gasteiger charge is -2.39. The number of benzene rings is 3. The molecule has 0 aliphatic carbocycles. The normalized spacial score (nSPS) is 19.2. The average molecular weight is 633 g/mol. The van der Waals surface area contributed by atoms with E-state index < -0.39 is 14.1 Å². The topological polar surface area (TPSA) is 82.4 Å². The molecular formula is C35H46BN2O6P. The van der Waals surface area contributed by atoms with Crippen LogP contribution >= 0.6 is 8.53 Å². The van der Waals surface area contributed by atoms with Crippen LogP contribution in [0.15, 0.2) is 78.9 Å². The van der Waals surface area contributed by atoms with Crippen molar-refractivity contribution in [2.75, 3.05) is 27.4 Å². The Morgan fingerprint density at radius 2 is 1.42 bits per heavy atom. The molecule has 45 heavy (non-hydrogen) atoms. The standard InChI is InChI=1S/C35H46BN2O6P/c1-25(2)38(26(3)4)45(42-22-10-21-37)44-32-23-34(36)43-33(32)24-41-35(27-11-8-7-9-12-27,28-13-17-30(39-5)18-14-28)29-15-19-31(40-6)20-16-29/h7-9,11-20,25-26,32-34H,10,22-24,36H2,1-6H3/t32-,33+,34+,45?/m0/s1. The van der Waals surface area contributed by atoms with E-state index in [1.807, 2.05) is 66.7 Å². The van der Waals surface area contributed by atoms with Crippen molar-refractivity contribution in [1.29, 1.82) is 5.26 Å². The van der Waals surface area contributed by atoms with Crippen LogP contribution in [0.5, 0.6) is 11.5 Å². The highest BCUT2D eigenvalue weighted by molar-refractivity contribution is 7.44. The molecule has 0 spiro atoms. The number of rotatable bonds is 16. The Balaban J connectivity index is 1.72. The molecule has 0 amide bonds. The van der Waals surface area contributed by atoms with Crippen LogP contribution in [-0.4, -0.2) is 70.2 Å². The molecule has 1 saturated heterocycles. The number of hydrogen-bond donors (Lipinski definition) is 0. The van der Waals surface area contributed by atoms with Crippen molar-refractivity contribution in [3.63, 3.8) is 0 Å². The van der Waals surface area contributed by atoms with Crippen molar-refractivity contribution in [2.45, 2.75) is 76.4 Å². The lowest BCUT2D eigenvalue weighted by Crippen LogP contribution is -2.39. The fraction of sp³-hybridized carbons (Fsp3) is 0.457. The molecule has 0 aromatic heterocycles. The smallest absolute Gasteiger partial charge is 0.259 e. The van der Waals surface area contributed by atoms with Gasteiger partial charge in [0.25, 0.3) is 8.53 Å².